The van der Waals surface area contributed by atoms with Crippen LogP contribution in [0.15, 0.2) is 73.1 Å². The van der Waals surface area contributed by atoms with Gasteiger partial charge in [-0.25, -0.2) is 5.90 Å². The Hall–Kier alpha value is -4.94. The highest BCUT2D eigenvalue weighted by molar-refractivity contribution is 6.04. The molecule has 2 aromatic carbocycles. The number of aromatic nitrogens is 2. The fourth-order valence-corrected chi connectivity index (χ4v) is 4.08. The maximum Gasteiger partial charge on any atom is 0.303 e. The molecule has 0 saturated heterocycles. The summed E-state index contributed by atoms with van der Waals surface area (Å²) >= 11 is 0. The van der Waals surface area contributed by atoms with E-state index in [-0.39, 0.29) is 25.9 Å². The fourth-order valence-electron chi connectivity index (χ4n) is 4.08. The van der Waals surface area contributed by atoms with E-state index in [2.05, 4.69) is 26.5 Å². The topological polar surface area (TPSA) is 188 Å². The first kappa shape index (κ1) is 29.6. The van der Waals surface area contributed by atoms with Crippen molar-refractivity contribution in [1.82, 2.24) is 14.9 Å². The van der Waals surface area contributed by atoms with Crippen LogP contribution in [-0.2, 0) is 19.2 Å². The molecule has 3 amide bonds. The number of para-hydroxylation sites is 2. The normalized spacial score (nSPS) is 10.3. The van der Waals surface area contributed by atoms with Crippen LogP contribution in [0.2, 0.25) is 0 Å². The van der Waals surface area contributed by atoms with Gasteiger partial charge in [-0.05, 0) is 37.1 Å². The Balaban J connectivity index is 0.00000216. The second-order valence-electron chi connectivity index (χ2n) is 8.71. The number of pyridine rings is 2. The van der Waals surface area contributed by atoms with Crippen molar-refractivity contribution in [3.8, 4) is 0 Å². The van der Waals surface area contributed by atoms with Gasteiger partial charge in [0.25, 0.3) is 0 Å². The molecule has 0 radical (unpaired) electrons. The van der Waals surface area contributed by atoms with E-state index in [4.69, 9.17) is 10.3 Å². The van der Waals surface area contributed by atoms with Crippen LogP contribution in [0.25, 0.3) is 21.8 Å². The number of fused-ring (bicyclic) bond motifs is 2. The number of carboxylic acids is 1. The van der Waals surface area contributed by atoms with Crippen LogP contribution in [0.3, 0.4) is 0 Å². The number of benzene rings is 2. The third-order valence-corrected chi connectivity index (χ3v) is 5.87. The number of unbranched alkanes of at least 4 members (excludes halogenated alkanes) is 1. The van der Waals surface area contributed by atoms with Gasteiger partial charge in [-0.1, -0.05) is 36.4 Å². The summed E-state index contributed by atoms with van der Waals surface area (Å²) in [7, 11) is 0. The van der Waals surface area contributed by atoms with E-state index in [1.807, 2.05) is 24.3 Å². The molecule has 12 heteroatoms. The van der Waals surface area contributed by atoms with E-state index in [0.717, 1.165) is 10.8 Å². The van der Waals surface area contributed by atoms with Crippen LogP contribution in [0.4, 0.5) is 11.4 Å². The third kappa shape index (κ3) is 8.28. The lowest BCUT2D eigenvalue weighted by Crippen LogP contribution is -2.42. The summed E-state index contributed by atoms with van der Waals surface area (Å²) in [6.45, 7) is -0.718. The van der Waals surface area contributed by atoms with E-state index in [0.29, 0.717) is 35.2 Å². The lowest BCUT2D eigenvalue weighted by atomic mass is 10.1. The van der Waals surface area contributed by atoms with Gasteiger partial charge in [0.2, 0.25) is 17.7 Å². The fraction of sp³-hybridized carbons (Fsp3) is 0.214. The number of amides is 3. The van der Waals surface area contributed by atoms with Gasteiger partial charge >= 0.3 is 5.97 Å². The summed E-state index contributed by atoms with van der Waals surface area (Å²) in [5.74, 6) is 1.16. The predicted octanol–water partition coefficient (Wildman–Crippen LogP) is 3.17. The quantitative estimate of drug-likeness (QED) is 0.139. The Morgan fingerprint density at radius 3 is 1.62 bits per heavy atom. The smallest absolute Gasteiger partial charge is 0.303 e. The Morgan fingerprint density at radius 1 is 0.700 bits per heavy atom. The van der Waals surface area contributed by atoms with Gasteiger partial charge < -0.3 is 25.8 Å². The third-order valence-electron chi connectivity index (χ3n) is 5.87. The molecule has 4 aromatic rings. The number of hydrogen-bond acceptors (Lipinski definition) is 8. The van der Waals surface area contributed by atoms with Gasteiger partial charge in [0.05, 0.1) is 22.4 Å². The van der Waals surface area contributed by atoms with Crippen LogP contribution in [-0.4, -0.2) is 62.0 Å². The van der Waals surface area contributed by atoms with Gasteiger partial charge in [-0.15, -0.1) is 0 Å². The molecule has 2 heterocycles. The SMILES string of the molecule is NO.O=C(O)CCCCC(=O)N(CC(=O)Nc1cccc2cccnc12)CC(=O)Nc1cccc2cccnc12. The molecule has 40 heavy (non-hydrogen) atoms. The molecular formula is C28H30N6O6. The van der Waals surface area contributed by atoms with Crippen molar-refractivity contribution < 1.29 is 29.5 Å². The molecule has 0 bridgehead atoms. The molecule has 0 unspecified atom stereocenters. The highest BCUT2D eigenvalue weighted by atomic mass is 16.4. The number of anilines is 2. The molecule has 0 fully saturated rings. The highest BCUT2D eigenvalue weighted by Gasteiger charge is 2.21. The van der Waals surface area contributed by atoms with Crippen LogP contribution in [0.5, 0.6) is 0 Å². The lowest BCUT2D eigenvalue weighted by molar-refractivity contribution is -0.138. The lowest BCUT2D eigenvalue weighted by Gasteiger charge is -2.22. The molecule has 6 N–H and O–H groups in total. The zero-order valence-electron chi connectivity index (χ0n) is 21.6. The average Bonchev–Trinajstić information content (AvgIpc) is 2.96. The first-order valence-electron chi connectivity index (χ1n) is 12.4. The molecule has 0 spiro atoms. The van der Waals surface area contributed by atoms with Crippen LogP contribution < -0.4 is 16.5 Å². The number of nitrogens with zero attached hydrogens (tertiary/aromatic N) is 3. The van der Waals surface area contributed by atoms with Crippen molar-refractivity contribution in [2.75, 3.05) is 23.7 Å². The number of carbonyl (C=O) groups excluding carboxylic acids is 3. The van der Waals surface area contributed by atoms with Crippen molar-refractivity contribution >= 4 is 56.9 Å². The number of rotatable bonds is 11. The van der Waals surface area contributed by atoms with Crippen LogP contribution in [0, 0.1) is 0 Å². The summed E-state index contributed by atoms with van der Waals surface area (Å²) < 4.78 is 0. The first-order valence-corrected chi connectivity index (χ1v) is 12.4. The number of hydrogen-bond donors (Lipinski definition) is 5. The zero-order chi connectivity index (χ0) is 28.9. The van der Waals surface area contributed by atoms with Crippen LogP contribution in [0.1, 0.15) is 25.7 Å². The van der Waals surface area contributed by atoms with Gasteiger partial charge in [-0.3, -0.25) is 29.1 Å². The Kier molecular flexibility index (Phi) is 11.0. The van der Waals surface area contributed by atoms with Gasteiger partial charge in [0.1, 0.15) is 13.1 Å². The van der Waals surface area contributed by atoms with E-state index in [1.54, 1.807) is 48.8 Å². The first-order chi connectivity index (χ1) is 19.4. The molecule has 0 aliphatic carbocycles. The number of carbonyl (C=O) groups is 4. The maximum absolute atomic E-state index is 13.0. The Labute approximate surface area is 229 Å². The summed E-state index contributed by atoms with van der Waals surface area (Å²) in [6.07, 6.45) is 3.84. The molecule has 0 aliphatic heterocycles. The minimum absolute atomic E-state index is 0.0134. The van der Waals surface area contributed by atoms with E-state index >= 15 is 0 Å². The molecule has 0 aliphatic rings. The van der Waals surface area contributed by atoms with Crippen molar-refractivity contribution in [2.24, 2.45) is 5.90 Å². The second-order valence-corrected chi connectivity index (χ2v) is 8.71. The molecule has 12 nitrogen and oxygen atoms in total. The number of nitrogens with one attached hydrogen (secondary N) is 2. The number of carboxylic acid groups (broad SMARTS) is 1. The molecule has 2 aromatic heterocycles. The van der Waals surface area contributed by atoms with E-state index in [1.165, 1.54) is 4.90 Å². The Morgan fingerprint density at radius 2 is 1.15 bits per heavy atom. The second kappa shape index (κ2) is 14.9. The monoisotopic (exact) mass is 546 g/mol. The standard InChI is InChI=1S/C28H27N5O5.H3NO/c34-23(31-21-11-3-7-19-9-5-15-29-27(19)21)17-33(25(36)13-1-2-14-26(37)38)18-24(35)32-22-12-4-8-20-10-6-16-30-28(20)22;1-2/h3-12,15-16H,1-2,13-14,17-18H2,(H,31,34)(H,32,35)(H,37,38);2H,1H2. The summed E-state index contributed by atoms with van der Waals surface area (Å²) in [4.78, 5) is 59.5. The minimum atomic E-state index is -0.944. The average molecular weight is 547 g/mol. The minimum Gasteiger partial charge on any atom is -0.481 e. The number of aliphatic carboxylic acids is 1. The molecule has 4 rings (SSSR count). The van der Waals surface area contributed by atoms with Crippen molar-refractivity contribution in [1.29, 1.82) is 0 Å². The summed E-state index contributed by atoms with van der Waals surface area (Å²) in [5, 5.41) is 22.6. The molecule has 0 atom stereocenters. The largest absolute Gasteiger partial charge is 0.481 e. The summed E-state index contributed by atoms with van der Waals surface area (Å²) in [5.41, 5.74) is 2.20. The highest BCUT2D eigenvalue weighted by Crippen LogP contribution is 2.22. The van der Waals surface area contributed by atoms with E-state index < -0.39 is 23.7 Å². The molecule has 0 saturated carbocycles. The van der Waals surface area contributed by atoms with Crippen LogP contribution >= 0.6 is 0 Å². The predicted molar refractivity (Wildman–Crippen MR) is 149 cm³/mol. The van der Waals surface area contributed by atoms with Gasteiger partial charge in [0, 0.05) is 36.0 Å². The molecule has 208 valence electrons. The zero-order valence-corrected chi connectivity index (χ0v) is 21.6. The van der Waals surface area contributed by atoms with Crippen molar-refractivity contribution in [3.05, 3.63) is 73.1 Å². The van der Waals surface area contributed by atoms with E-state index in [9.17, 15) is 19.2 Å². The summed E-state index contributed by atoms with van der Waals surface area (Å²) in [6, 6.07) is 18.1. The van der Waals surface area contributed by atoms with Crippen molar-refractivity contribution in [2.45, 2.75) is 25.7 Å². The molecular weight excluding hydrogens is 516 g/mol. The maximum atomic E-state index is 13.0. The van der Waals surface area contributed by atoms with Gasteiger partial charge in [-0.2, -0.15) is 0 Å². The van der Waals surface area contributed by atoms with Gasteiger partial charge in [0.15, 0.2) is 0 Å². The van der Waals surface area contributed by atoms with Crippen molar-refractivity contribution in [3.63, 3.8) is 0 Å². The Bertz CT molecular complexity index is 1390. The number of nitrogens with two attached hydrogens (primary N) is 1.